The van der Waals surface area contributed by atoms with Crippen LogP contribution in [0.3, 0.4) is 0 Å². The summed E-state index contributed by atoms with van der Waals surface area (Å²) in [4.78, 5) is 10.9. The van der Waals surface area contributed by atoms with Crippen molar-refractivity contribution in [3.63, 3.8) is 0 Å². The Hall–Kier alpha value is -3.05. The van der Waals surface area contributed by atoms with Crippen LogP contribution in [0.15, 0.2) is 12.1 Å². The zero-order valence-corrected chi connectivity index (χ0v) is 18.2. The van der Waals surface area contributed by atoms with Crippen molar-refractivity contribution in [1.82, 2.24) is 9.97 Å². The Labute approximate surface area is 174 Å². The van der Waals surface area contributed by atoms with Crippen LogP contribution in [-0.2, 0) is 6.42 Å². The highest BCUT2D eigenvalue weighted by atomic mass is 32.1. The highest BCUT2D eigenvalue weighted by Crippen LogP contribution is 2.39. The van der Waals surface area contributed by atoms with Crippen LogP contribution in [0.4, 0.5) is 5.82 Å². The minimum Gasteiger partial charge on any atom is -0.493 e. The van der Waals surface area contributed by atoms with E-state index in [1.807, 2.05) is 19.1 Å². The number of hydrogen-bond donors (Lipinski definition) is 1. The normalized spacial score (nSPS) is 10.8. The van der Waals surface area contributed by atoms with Gasteiger partial charge in [-0.05, 0) is 44.0 Å². The smallest absolute Gasteiger partial charge is 0.203 e. The Balaban J connectivity index is 2.10. The number of benzene rings is 1. The molecule has 0 fully saturated rings. The fourth-order valence-corrected chi connectivity index (χ4v) is 4.16. The molecule has 0 aliphatic rings. The summed E-state index contributed by atoms with van der Waals surface area (Å²) < 4.78 is 16.3. The van der Waals surface area contributed by atoms with E-state index >= 15 is 0 Å². The maximum absolute atomic E-state index is 9.41. The van der Waals surface area contributed by atoms with Gasteiger partial charge in [0.05, 0.1) is 26.7 Å². The van der Waals surface area contributed by atoms with Gasteiger partial charge in [0.15, 0.2) is 11.5 Å². The summed E-state index contributed by atoms with van der Waals surface area (Å²) in [5, 5.41) is 13.7. The number of rotatable bonds is 7. The van der Waals surface area contributed by atoms with Crippen LogP contribution >= 0.6 is 11.3 Å². The van der Waals surface area contributed by atoms with Crippen LogP contribution in [0, 0.1) is 18.3 Å². The molecular formula is C21H24N4O3S. The predicted octanol–water partition coefficient (Wildman–Crippen LogP) is 4.31. The summed E-state index contributed by atoms with van der Waals surface area (Å²) in [6, 6.07) is 6.24. The van der Waals surface area contributed by atoms with Crippen molar-refractivity contribution in [2.45, 2.75) is 33.2 Å². The van der Waals surface area contributed by atoms with Crippen molar-refractivity contribution >= 4 is 27.4 Å². The lowest BCUT2D eigenvalue weighted by Crippen LogP contribution is -2.13. The Morgan fingerprint density at radius 1 is 1.10 bits per heavy atom. The molecule has 0 atom stereocenters. The minimum atomic E-state index is 0.201. The monoisotopic (exact) mass is 412 g/mol. The number of aryl methyl sites for hydroxylation is 1. The number of ether oxygens (including phenoxy) is 3. The van der Waals surface area contributed by atoms with Gasteiger partial charge in [0.1, 0.15) is 27.4 Å². The standard InChI is InChI=1S/C21H24N4O3S/c1-11(2)23-20-18-12(3)16(10-22)29-21(18)25-17(24-20)9-13-7-14(26-4)19(28-6)15(8-13)27-5/h7-8,11H,9H2,1-6H3,(H,23,24,25). The van der Waals surface area contributed by atoms with Crippen LogP contribution in [0.25, 0.3) is 10.2 Å². The third-order valence-electron chi connectivity index (χ3n) is 4.45. The maximum atomic E-state index is 9.41. The maximum Gasteiger partial charge on any atom is 0.203 e. The average molecular weight is 413 g/mol. The summed E-state index contributed by atoms with van der Waals surface area (Å²) >= 11 is 1.39. The second-order valence-corrected chi connectivity index (χ2v) is 7.85. The molecule has 0 spiro atoms. The van der Waals surface area contributed by atoms with Gasteiger partial charge in [0.25, 0.3) is 0 Å². The quantitative estimate of drug-likeness (QED) is 0.618. The van der Waals surface area contributed by atoms with Gasteiger partial charge in [0, 0.05) is 12.5 Å². The molecule has 0 aliphatic heterocycles. The van der Waals surface area contributed by atoms with E-state index in [1.165, 1.54) is 11.3 Å². The molecule has 0 radical (unpaired) electrons. The van der Waals surface area contributed by atoms with Crippen LogP contribution in [0.2, 0.25) is 0 Å². The second-order valence-electron chi connectivity index (χ2n) is 6.85. The highest BCUT2D eigenvalue weighted by Gasteiger charge is 2.18. The van der Waals surface area contributed by atoms with E-state index in [4.69, 9.17) is 24.2 Å². The molecule has 3 rings (SSSR count). The molecule has 3 aromatic rings. The zero-order valence-electron chi connectivity index (χ0n) is 17.4. The molecule has 0 unspecified atom stereocenters. The van der Waals surface area contributed by atoms with E-state index in [-0.39, 0.29) is 6.04 Å². The molecule has 0 aliphatic carbocycles. The van der Waals surface area contributed by atoms with Crippen molar-refractivity contribution < 1.29 is 14.2 Å². The van der Waals surface area contributed by atoms with Gasteiger partial charge in [-0.15, -0.1) is 11.3 Å². The van der Waals surface area contributed by atoms with Crippen molar-refractivity contribution in [3.8, 4) is 23.3 Å². The molecule has 7 nitrogen and oxygen atoms in total. The Bertz CT molecular complexity index is 1060. The predicted molar refractivity (Wildman–Crippen MR) is 115 cm³/mol. The molecule has 2 heterocycles. The molecule has 0 bridgehead atoms. The summed E-state index contributed by atoms with van der Waals surface area (Å²) in [5.41, 5.74) is 1.85. The molecule has 152 valence electrons. The van der Waals surface area contributed by atoms with Crippen LogP contribution < -0.4 is 19.5 Å². The van der Waals surface area contributed by atoms with E-state index in [1.54, 1.807) is 21.3 Å². The molecular weight excluding hydrogens is 388 g/mol. The fourth-order valence-electron chi connectivity index (χ4n) is 3.17. The number of aromatic nitrogens is 2. The summed E-state index contributed by atoms with van der Waals surface area (Å²) in [6.45, 7) is 6.05. The fraction of sp³-hybridized carbons (Fsp3) is 0.381. The van der Waals surface area contributed by atoms with Gasteiger partial charge in [-0.1, -0.05) is 0 Å². The minimum absolute atomic E-state index is 0.201. The van der Waals surface area contributed by atoms with E-state index in [2.05, 4.69) is 25.2 Å². The van der Waals surface area contributed by atoms with Crippen molar-refractivity contribution in [2.75, 3.05) is 26.6 Å². The third kappa shape index (κ3) is 4.05. The Kier molecular flexibility index (Phi) is 6.09. The number of fused-ring (bicyclic) bond motifs is 1. The lowest BCUT2D eigenvalue weighted by atomic mass is 10.1. The summed E-state index contributed by atoms with van der Waals surface area (Å²) in [6.07, 6.45) is 0.484. The van der Waals surface area contributed by atoms with Crippen molar-refractivity contribution in [2.24, 2.45) is 0 Å². The number of nitrogens with zero attached hydrogens (tertiary/aromatic N) is 3. The van der Waals surface area contributed by atoms with Crippen LogP contribution in [0.1, 0.15) is 35.7 Å². The first-order valence-electron chi connectivity index (χ1n) is 9.17. The van der Waals surface area contributed by atoms with E-state index < -0.39 is 0 Å². The van der Waals surface area contributed by atoms with Gasteiger partial charge in [-0.25, -0.2) is 9.97 Å². The number of nitrogens with one attached hydrogen (secondary N) is 1. The summed E-state index contributed by atoms with van der Waals surface area (Å²) in [5.74, 6) is 3.12. The third-order valence-corrected chi connectivity index (χ3v) is 5.54. The van der Waals surface area contributed by atoms with Gasteiger partial charge in [0.2, 0.25) is 5.75 Å². The Morgan fingerprint density at radius 3 is 2.28 bits per heavy atom. The van der Waals surface area contributed by atoms with E-state index in [0.29, 0.717) is 34.4 Å². The molecule has 8 heteroatoms. The SMILES string of the molecule is COc1cc(Cc2nc(NC(C)C)c3c(C)c(C#N)sc3n2)cc(OC)c1OC. The molecule has 2 aromatic heterocycles. The van der Waals surface area contributed by atoms with Crippen molar-refractivity contribution in [3.05, 3.63) is 34.0 Å². The van der Waals surface area contributed by atoms with Crippen LogP contribution in [-0.4, -0.2) is 37.3 Å². The van der Waals surface area contributed by atoms with Gasteiger partial charge in [-0.3, -0.25) is 0 Å². The van der Waals surface area contributed by atoms with Crippen LogP contribution in [0.5, 0.6) is 17.2 Å². The first-order chi connectivity index (χ1) is 13.9. The summed E-state index contributed by atoms with van der Waals surface area (Å²) in [7, 11) is 4.76. The molecule has 0 saturated heterocycles. The lowest BCUT2D eigenvalue weighted by molar-refractivity contribution is 0.324. The number of methoxy groups -OCH3 is 3. The number of anilines is 1. The molecule has 29 heavy (non-hydrogen) atoms. The molecule has 0 saturated carbocycles. The first-order valence-corrected chi connectivity index (χ1v) is 9.99. The van der Waals surface area contributed by atoms with Crippen molar-refractivity contribution in [1.29, 1.82) is 5.26 Å². The zero-order chi connectivity index (χ0) is 21.1. The molecule has 0 amide bonds. The number of thiophene rings is 1. The topological polar surface area (TPSA) is 89.3 Å². The largest absolute Gasteiger partial charge is 0.493 e. The van der Waals surface area contributed by atoms with E-state index in [0.717, 1.165) is 27.2 Å². The first kappa shape index (κ1) is 20.7. The highest BCUT2D eigenvalue weighted by molar-refractivity contribution is 7.19. The molecule has 1 N–H and O–H groups in total. The lowest BCUT2D eigenvalue weighted by Gasteiger charge is -2.15. The van der Waals surface area contributed by atoms with E-state index in [9.17, 15) is 5.26 Å². The second kappa shape index (κ2) is 8.53. The molecule has 1 aromatic carbocycles. The number of nitriles is 1. The number of hydrogen-bond acceptors (Lipinski definition) is 8. The van der Waals surface area contributed by atoms with Gasteiger partial charge < -0.3 is 19.5 Å². The Morgan fingerprint density at radius 2 is 1.76 bits per heavy atom. The van der Waals surface area contributed by atoms with Gasteiger partial charge in [-0.2, -0.15) is 5.26 Å². The van der Waals surface area contributed by atoms with Gasteiger partial charge >= 0.3 is 0 Å². The average Bonchev–Trinajstić information content (AvgIpc) is 3.02.